The molecule has 1 aliphatic heterocycles. The Kier molecular flexibility index (Phi) is 12.1. The minimum Gasteiger partial charge on any atom is -0.444 e. The molecule has 2 fully saturated rings. The topological polar surface area (TPSA) is 172 Å². The quantitative estimate of drug-likeness (QED) is 0.142. The van der Waals surface area contributed by atoms with E-state index in [4.69, 9.17) is 9.47 Å². The molecule has 5 atom stereocenters. The number of carbonyl (C=O) groups is 6. The molecule has 0 aromatic heterocycles. The van der Waals surface area contributed by atoms with Gasteiger partial charge in [-0.25, -0.2) is 9.59 Å². The van der Waals surface area contributed by atoms with Crippen LogP contribution < -0.4 is 21.3 Å². The number of nitrogens with one attached hydrogen (secondary N) is 4. The van der Waals surface area contributed by atoms with Crippen LogP contribution in [0.25, 0.3) is 0 Å². The third-order valence-corrected chi connectivity index (χ3v) is 8.13. The van der Waals surface area contributed by atoms with Crippen LogP contribution in [0.15, 0.2) is 12.7 Å². The maximum Gasteiger partial charge on any atom is 0.408 e. The summed E-state index contributed by atoms with van der Waals surface area (Å²) in [7, 11) is 0. The number of allylic oxidation sites excluding steroid dienone is 1. The molecule has 0 aromatic carbocycles. The lowest BCUT2D eigenvalue weighted by molar-refractivity contribution is -0.145. The Morgan fingerprint density at radius 2 is 1.41 bits per heavy atom. The Balaban J connectivity index is 2.19. The zero-order valence-electron chi connectivity index (χ0n) is 29.4. The maximum atomic E-state index is 14.0. The molecule has 1 heterocycles. The molecule has 1 saturated heterocycles. The van der Waals surface area contributed by atoms with Gasteiger partial charge in [0, 0.05) is 19.6 Å². The van der Waals surface area contributed by atoms with Crippen LogP contribution in [0.1, 0.15) is 89.0 Å². The first kappa shape index (κ1) is 38.5. The van der Waals surface area contributed by atoms with Gasteiger partial charge in [-0.15, -0.1) is 6.58 Å². The molecule has 0 bridgehead atoms. The number of ether oxygens (including phenoxy) is 2. The fraction of sp³-hybridized carbons (Fsp3) is 0.758. The highest BCUT2D eigenvalue weighted by molar-refractivity contribution is 6.38. The minimum absolute atomic E-state index is 0.0290. The largest absolute Gasteiger partial charge is 0.444 e. The average molecular weight is 650 g/mol. The SMILES string of the molecule is C=CCC[C@H](NC(=O)C1[C@H]2[C@@H](CN1C(=O)[C@@H](NC(=O)OC(C)(C)C)C(C)(C)C)C2(C)C)C(=O)C(=O)NCCNC(=O)OC(C)(C)C. The predicted octanol–water partition coefficient (Wildman–Crippen LogP) is 3.07. The predicted molar refractivity (Wildman–Crippen MR) is 172 cm³/mol. The number of alkyl carbamates (subject to hydrolysis) is 2. The van der Waals surface area contributed by atoms with Crippen LogP contribution in [0.2, 0.25) is 0 Å². The molecule has 13 nitrogen and oxygen atoms in total. The number of ketones is 1. The highest BCUT2D eigenvalue weighted by atomic mass is 16.6. The molecule has 260 valence electrons. The van der Waals surface area contributed by atoms with Crippen molar-refractivity contribution in [3.63, 3.8) is 0 Å². The molecule has 46 heavy (non-hydrogen) atoms. The first-order valence-corrected chi connectivity index (χ1v) is 15.9. The van der Waals surface area contributed by atoms with Crippen molar-refractivity contribution in [1.29, 1.82) is 0 Å². The van der Waals surface area contributed by atoms with Crippen LogP contribution in [0, 0.1) is 22.7 Å². The Morgan fingerprint density at radius 3 is 1.93 bits per heavy atom. The van der Waals surface area contributed by atoms with Crippen LogP contribution >= 0.6 is 0 Å². The molecule has 1 saturated carbocycles. The number of nitrogens with zero attached hydrogens (tertiary/aromatic N) is 1. The Bertz CT molecular complexity index is 1190. The summed E-state index contributed by atoms with van der Waals surface area (Å²) in [6.07, 6.45) is 0.656. The standard InChI is InChI=1S/C33H55N5O8/c1-13-14-15-20(23(39)26(41)34-16-17-35-28(43)45-31(5,6)7)36-25(40)22-21-19(33(21,11)12)18-38(22)27(42)24(30(2,3)4)37-29(44)46-32(8,9)10/h13,19-22,24H,1,14-18H2,2-12H3,(H,34,41)(H,35,43)(H,36,40)(H,37,44)/t19-,20+,21-,22?,24-/m1/s1. The Morgan fingerprint density at radius 1 is 0.870 bits per heavy atom. The summed E-state index contributed by atoms with van der Waals surface area (Å²) in [5.74, 6) is -2.85. The van der Waals surface area contributed by atoms with Crippen LogP contribution in [-0.2, 0) is 28.7 Å². The van der Waals surface area contributed by atoms with Crippen molar-refractivity contribution in [2.24, 2.45) is 22.7 Å². The van der Waals surface area contributed by atoms with E-state index in [1.165, 1.54) is 4.90 Å². The van der Waals surface area contributed by atoms with Crippen molar-refractivity contribution in [3.05, 3.63) is 12.7 Å². The van der Waals surface area contributed by atoms with Gasteiger partial charge in [0.1, 0.15) is 23.3 Å². The molecule has 2 rings (SSSR count). The number of carbonyl (C=O) groups excluding carboxylic acids is 6. The molecule has 0 aromatic rings. The molecule has 13 heteroatoms. The Labute approximate surface area is 273 Å². The lowest BCUT2D eigenvalue weighted by Crippen LogP contribution is -2.60. The van der Waals surface area contributed by atoms with Gasteiger partial charge < -0.3 is 35.6 Å². The normalized spacial score (nSPS) is 21.5. The van der Waals surface area contributed by atoms with Gasteiger partial charge in [-0.2, -0.15) is 0 Å². The van der Waals surface area contributed by atoms with Crippen molar-refractivity contribution >= 4 is 35.7 Å². The summed E-state index contributed by atoms with van der Waals surface area (Å²) >= 11 is 0. The number of piperidine rings is 1. The van der Waals surface area contributed by atoms with E-state index in [2.05, 4.69) is 27.8 Å². The molecule has 4 N–H and O–H groups in total. The third-order valence-electron chi connectivity index (χ3n) is 8.13. The van der Waals surface area contributed by atoms with Gasteiger partial charge in [0.2, 0.25) is 17.6 Å². The molecule has 2 aliphatic rings. The van der Waals surface area contributed by atoms with Gasteiger partial charge in [-0.05, 0) is 77.0 Å². The summed E-state index contributed by atoms with van der Waals surface area (Å²) < 4.78 is 10.6. The summed E-state index contributed by atoms with van der Waals surface area (Å²) in [6.45, 7) is 23.8. The van der Waals surface area contributed by atoms with Crippen LogP contribution in [0.4, 0.5) is 9.59 Å². The number of hydrogen-bond acceptors (Lipinski definition) is 8. The van der Waals surface area contributed by atoms with E-state index in [9.17, 15) is 28.8 Å². The number of amides is 5. The molecule has 1 unspecified atom stereocenters. The number of fused-ring (bicyclic) bond motifs is 1. The summed E-state index contributed by atoms with van der Waals surface area (Å²) in [6, 6.07) is -3.06. The third kappa shape index (κ3) is 10.4. The molecular formula is C33H55N5O8. The van der Waals surface area contributed by atoms with E-state index in [0.29, 0.717) is 13.0 Å². The van der Waals surface area contributed by atoms with Crippen LogP contribution in [-0.4, -0.2) is 89.6 Å². The van der Waals surface area contributed by atoms with Gasteiger partial charge in [-0.1, -0.05) is 40.7 Å². The molecule has 0 spiro atoms. The van der Waals surface area contributed by atoms with Gasteiger partial charge in [0.05, 0.1) is 6.04 Å². The van der Waals surface area contributed by atoms with Gasteiger partial charge in [-0.3, -0.25) is 19.2 Å². The van der Waals surface area contributed by atoms with Crippen molar-refractivity contribution in [1.82, 2.24) is 26.2 Å². The van der Waals surface area contributed by atoms with Gasteiger partial charge in [0.25, 0.3) is 5.91 Å². The zero-order valence-corrected chi connectivity index (χ0v) is 29.4. The second-order valence-electron chi connectivity index (χ2n) is 15.8. The lowest BCUT2D eigenvalue weighted by Gasteiger charge is -2.38. The smallest absolute Gasteiger partial charge is 0.408 e. The minimum atomic E-state index is -1.17. The van der Waals surface area contributed by atoms with E-state index in [1.807, 2.05) is 34.6 Å². The average Bonchev–Trinajstić information content (AvgIpc) is 3.20. The molecule has 5 amide bonds. The van der Waals surface area contributed by atoms with Crippen LogP contribution in [0.5, 0.6) is 0 Å². The van der Waals surface area contributed by atoms with Crippen LogP contribution in [0.3, 0.4) is 0 Å². The van der Waals surface area contributed by atoms with Gasteiger partial charge >= 0.3 is 12.2 Å². The Hall–Kier alpha value is -3.64. The molecule has 1 aliphatic carbocycles. The maximum absolute atomic E-state index is 14.0. The van der Waals surface area contributed by atoms with E-state index in [1.54, 1.807) is 47.6 Å². The van der Waals surface area contributed by atoms with Crippen molar-refractivity contribution in [2.45, 2.75) is 118 Å². The fourth-order valence-corrected chi connectivity index (χ4v) is 5.76. The summed E-state index contributed by atoms with van der Waals surface area (Å²) in [5.41, 5.74) is -2.38. The van der Waals surface area contributed by atoms with Crippen molar-refractivity contribution < 1.29 is 38.2 Å². The second-order valence-corrected chi connectivity index (χ2v) is 15.8. The van der Waals surface area contributed by atoms with Crippen molar-refractivity contribution in [3.8, 4) is 0 Å². The van der Waals surface area contributed by atoms with Gasteiger partial charge in [0.15, 0.2) is 0 Å². The zero-order chi connectivity index (χ0) is 35.4. The number of Topliss-reactive ketones (excluding diaryl/α,β-unsaturated/α-hetero) is 1. The second kappa shape index (κ2) is 14.4. The monoisotopic (exact) mass is 649 g/mol. The van der Waals surface area contributed by atoms with E-state index >= 15 is 0 Å². The van der Waals surface area contributed by atoms with E-state index in [0.717, 1.165) is 0 Å². The lowest BCUT2D eigenvalue weighted by atomic mass is 9.85. The summed E-state index contributed by atoms with van der Waals surface area (Å²) in [5, 5.41) is 10.4. The van der Waals surface area contributed by atoms with Crippen molar-refractivity contribution in [2.75, 3.05) is 19.6 Å². The fourth-order valence-electron chi connectivity index (χ4n) is 5.76. The number of rotatable bonds is 12. The first-order chi connectivity index (χ1) is 20.9. The first-order valence-electron chi connectivity index (χ1n) is 15.9. The number of likely N-dealkylation sites (tertiary alicyclic amines) is 1. The van der Waals surface area contributed by atoms with E-state index in [-0.39, 0.29) is 36.8 Å². The highest BCUT2D eigenvalue weighted by Gasteiger charge is 2.70. The van der Waals surface area contributed by atoms with E-state index < -0.39 is 70.4 Å². The summed E-state index contributed by atoms with van der Waals surface area (Å²) in [4.78, 5) is 80.0. The molecular weight excluding hydrogens is 594 g/mol. The number of hydrogen-bond donors (Lipinski definition) is 4. The molecule has 0 radical (unpaired) electrons. The highest BCUT2D eigenvalue weighted by Crippen LogP contribution is 2.65.